The lowest BCUT2D eigenvalue weighted by atomic mass is 10.2. The molecule has 5 nitrogen and oxygen atoms in total. The summed E-state index contributed by atoms with van der Waals surface area (Å²) in [5, 5.41) is 0. The van der Waals surface area contributed by atoms with Crippen molar-refractivity contribution < 1.29 is 13.2 Å². The molecule has 21 heavy (non-hydrogen) atoms. The number of nitrogens with zero attached hydrogens (tertiary/aromatic N) is 1. The molecule has 0 N–H and O–H groups in total. The third kappa shape index (κ3) is 3.72. The monoisotopic (exact) mass is 307 g/mol. The first-order valence-corrected chi connectivity index (χ1v) is 8.25. The zero-order chi connectivity index (χ0) is 15.6. The van der Waals surface area contributed by atoms with Gasteiger partial charge in [0.15, 0.2) is 9.84 Å². The van der Waals surface area contributed by atoms with E-state index in [1.807, 2.05) is 0 Å². The minimum Gasteiger partial charge on any atom is -0.489 e. The number of aromatic nitrogens is 1. The van der Waals surface area contributed by atoms with Gasteiger partial charge in [0.05, 0.1) is 4.90 Å². The van der Waals surface area contributed by atoms with Crippen LogP contribution >= 0.6 is 0 Å². The second-order valence-electron chi connectivity index (χ2n) is 4.97. The highest BCUT2D eigenvalue weighted by molar-refractivity contribution is 7.90. The maximum Gasteiger partial charge on any atom is 0.250 e. The van der Waals surface area contributed by atoms with Crippen molar-refractivity contribution in [1.29, 1.82) is 0 Å². The van der Waals surface area contributed by atoms with Crippen molar-refractivity contribution >= 4 is 9.84 Å². The smallest absolute Gasteiger partial charge is 0.250 e. The standard InChI is InChI=1S/C15H17NO4S/c1-11-8-13(4-5-14(11)21(3,18)19)20-10-12-6-7-16(2)15(17)9-12/h4-9H,10H2,1-3H3. The number of aryl methyl sites for hydroxylation is 2. The topological polar surface area (TPSA) is 65.4 Å². The second-order valence-corrected chi connectivity index (χ2v) is 6.96. The molecule has 0 saturated heterocycles. The van der Waals surface area contributed by atoms with Crippen molar-refractivity contribution in [2.75, 3.05) is 6.26 Å². The van der Waals surface area contributed by atoms with Gasteiger partial charge in [0, 0.05) is 25.6 Å². The first-order valence-electron chi connectivity index (χ1n) is 6.36. The van der Waals surface area contributed by atoms with Crippen molar-refractivity contribution in [3.63, 3.8) is 0 Å². The molecule has 112 valence electrons. The number of ether oxygens (including phenoxy) is 1. The van der Waals surface area contributed by atoms with E-state index in [1.165, 1.54) is 23.0 Å². The van der Waals surface area contributed by atoms with Crippen molar-refractivity contribution in [3.05, 3.63) is 58.0 Å². The highest BCUT2D eigenvalue weighted by atomic mass is 32.2. The van der Waals surface area contributed by atoms with E-state index in [2.05, 4.69) is 0 Å². The van der Waals surface area contributed by atoms with Crippen LogP contribution in [0.5, 0.6) is 5.75 Å². The Morgan fingerprint density at radius 3 is 2.48 bits per heavy atom. The highest BCUT2D eigenvalue weighted by Crippen LogP contribution is 2.21. The van der Waals surface area contributed by atoms with Crippen molar-refractivity contribution in [3.8, 4) is 5.75 Å². The summed E-state index contributed by atoms with van der Waals surface area (Å²) < 4.78 is 30.1. The van der Waals surface area contributed by atoms with Gasteiger partial charge in [-0.25, -0.2) is 8.42 Å². The average Bonchev–Trinajstić information content (AvgIpc) is 2.39. The molecule has 0 aliphatic heterocycles. The molecule has 1 aromatic carbocycles. The van der Waals surface area contributed by atoms with Gasteiger partial charge in [-0.1, -0.05) is 0 Å². The molecule has 0 aliphatic rings. The Kier molecular flexibility index (Phi) is 4.18. The van der Waals surface area contributed by atoms with Crippen LogP contribution < -0.4 is 10.3 Å². The minimum absolute atomic E-state index is 0.0975. The largest absolute Gasteiger partial charge is 0.489 e. The zero-order valence-corrected chi connectivity index (χ0v) is 13.0. The Morgan fingerprint density at radius 2 is 1.90 bits per heavy atom. The SMILES string of the molecule is Cc1cc(OCc2ccn(C)c(=O)c2)ccc1S(C)(=O)=O. The summed E-state index contributed by atoms with van der Waals surface area (Å²) in [7, 11) is -1.55. The molecule has 0 spiro atoms. The van der Waals surface area contributed by atoms with Gasteiger partial charge in [0.1, 0.15) is 12.4 Å². The number of pyridine rings is 1. The summed E-state index contributed by atoms with van der Waals surface area (Å²) in [5.74, 6) is 0.570. The maximum absolute atomic E-state index is 11.5. The van der Waals surface area contributed by atoms with Crippen molar-refractivity contribution in [2.45, 2.75) is 18.4 Å². The van der Waals surface area contributed by atoms with E-state index in [0.717, 1.165) is 5.56 Å². The van der Waals surface area contributed by atoms with Crippen LogP contribution in [0.1, 0.15) is 11.1 Å². The van der Waals surface area contributed by atoms with Gasteiger partial charge in [-0.3, -0.25) is 4.79 Å². The van der Waals surface area contributed by atoms with E-state index in [9.17, 15) is 13.2 Å². The molecule has 2 rings (SSSR count). The van der Waals surface area contributed by atoms with Gasteiger partial charge in [-0.2, -0.15) is 0 Å². The Hall–Kier alpha value is -2.08. The molecule has 2 aromatic rings. The van der Waals surface area contributed by atoms with E-state index in [4.69, 9.17) is 4.74 Å². The third-order valence-electron chi connectivity index (χ3n) is 3.12. The van der Waals surface area contributed by atoms with Crippen LogP contribution in [0.25, 0.3) is 0 Å². The fraction of sp³-hybridized carbons (Fsp3) is 0.267. The van der Waals surface area contributed by atoms with E-state index >= 15 is 0 Å². The Morgan fingerprint density at radius 1 is 1.19 bits per heavy atom. The molecule has 1 heterocycles. The molecular weight excluding hydrogens is 290 g/mol. The fourth-order valence-electron chi connectivity index (χ4n) is 1.97. The average molecular weight is 307 g/mol. The number of rotatable bonds is 4. The Bertz CT molecular complexity index is 822. The molecular formula is C15H17NO4S. The zero-order valence-electron chi connectivity index (χ0n) is 12.2. The van der Waals surface area contributed by atoms with Gasteiger partial charge in [-0.15, -0.1) is 0 Å². The number of hydrogen-bond donors (Lipinski definition) is 0. The molecule has 0 amide bonds. The van der Waals surface area contributed by atoms with E-state index in [1.54, 1.807) is 38.4 Å². The first kappa shape index (κ1) is 15.3. The minimum atomic E-state index is -3.23. The summed E-state index contributed by atoms with van der Waals surface area (Å²) in [6.07, 6.45) is 2.86. The number of benzene rings is 1. The van der Waals surface area contributed by atoms with Gasteiger partial charge in [0.25, 0.3) is 5.56 Å². The predicted octanol–water partition coefficient (Wildman–Crippen LogP) is 1.68. The molecule has 0 aliphatic carbocycles. The molecule has 0 unspecified atom stereocenters. The third-order valence-corrected chi connectivity index (χ3v) is 4.38. The molecule has 0 radical (unpaired) electrons. The van der Waals surface area contributed by atoms with Gasteiger partial charge in [-0.05, 0) is 42.3 Å². The number of sulfone groups is 1. The summed E-state index contributed by atoms with van der Waals surface area (Å²) >= 11 is 0. The van der Waals surface area contributed by atoms with Crippen LogP contribution in [0.3, 0.4) is 0 Å². The molecule has 6 heteroatoms. The molecule has 0 fully saturated rings. The Balaban J connectivity index is 2.16. The summed E-state index contributed by atoms with van der Waals surface area (Å²) in [5.41, 5.74) is 1.31. The van der Waals surface area contributed by atoms with E-state index < -0.39 is 9.84 Å². The molecule has 0 saturated carbocycles. The molecule has 0 bridgehead atoms. The lowest BCUT2D eigenvalue weighted by Crippen LogP contribution is -2.15. The van der Waals surface area contributed by atoms with E-state index in [0.29, 0.717) is 16.2 Å². The second kappa shape index (κ2) is 5.73. The van der Waals surface area contributed by atoms with Crippen LogP contribution in [-0.2, 0) is 23.5 Å². The summed E-state index contributed by atoms with van der Waals surface area (Å²) in [6, 6.07) is 8.14. The number of hydrogen-bond acceptors (Lipinski definition) is 4. The Labute approximate surface area is 123 Å². The van der Waals surface area contributed by atoms with Crippen molar-refractivity contribution in [1.82, 2.24) is 4.57 Å². The van der Waals surface area contributed by atoms with Crippen LogP contribution in [0.2, 0.25) is 0 Å². The van der Waals surface area contributed by atoms with Gasteiger partial charge < -0.3 is 9.30 Å². The van der Waals surface area contributed by atoms with Crippen LogP contribution in [0.4, 0.5) is 0 Å². The van der Waals surface area contributed by atoms with E-state index in [-0.39, 0.29) is 12.2 Å². The quantitative estimate of drug-likeness (QED) is 0.862. The fourth-order valence-corrected chi connectivity index (χ4v) is 2.93. The highest BCUT2D eigenvalue weighted by Gasteiger charge is 2.11. The normalized spacial score (nSPS) is 11.4. The van der Waals surface area contributed by atoms with Crippen LogP contribution in [-0.4, -0.2) is 19.2 Å². The summed E-state index contributed by atoms with van der Waals surface area (Å²) in [4.78, 5) is 11.8. The lowest BCUT2D eigenvalue weighted by molar-refractivity contribution is 0.305. The first-order chi connectivity index (χ1) is 9.77. The molecule has 1 aromatic heterocycles. The predicted molar refractivity (Wildman–Crippen MR) is 80.3 cm³/mol. The lowest BCUT2D eigenvalue weighted by Gasteiger charge is -2.09. The van der Waals surface area contributed by atoms with Crippen LogP contribution in [0, 0.1) is 6.92 Å². The van der Waals surface area contributed by atoms with Gasteiger partial charge in [0.2, 0.25) is 0 Å². The van der Waals surface area contributed by atoms with Crippen LogP contribution in [0.15, 0.2) is 46.2 Å². The van der Waals surface area contributed by atoms with Gasteiger partial charge >= 0.3 is 0 Å². The molecule has 0 atom stereocenters. The maximum atomic E-state index is 11.5. The summed E-state index contributed by atoms with van der Waals surface area (Å²) in [6.45, 7) is 1.98. The van der Waals surface area contributed by atoms with Crippen molar-refractivity contribution in [2.24, 2.45) is 7.05 Å².